The van der Waals surface area contributed by atoms with Gasteiger partial charge in [0, 0.05) is 29.5 Å². The second kappa shape index (κ2) is 6.28. The van der Waals surface area contributed by atoms with E-state index in [9.17, 15) is 4.39 Å². The molecule has 1 aromatic carbocycles. The van der Waals surface area contributed by atoms with Crippen LogP contribution in [0.4, 0.5) is 4.39 Å². The van der Waals surface area contributed by atoms with Crippen LogP contribution in [0, 0.1) is 17.1 Å². The summed E-state index contributed by atoms with van der Waals surface area (Å²) >= 11 is 5.94. The Balaban J connectivity index is 2.16. The number of nitrogens with one attached hydrogen (secondary N) is 1. The fraction of sp³-hybridized carbons (Fsp3) is 0.143. The Morgan fingerprint density at radius 2 is 2.21 bits per heavy atom. The highest BCUT2D eigenvalue weighted by Crippen LogP contribution is 2.25. The number of pyridine rings is 1. The lowest BCUT2D eigenvalue weighted by Gasteiger charge is -2.14. The van der Waals surface area contributed by atoms with E-state index in [1.807, 2.05) is 12.1 Å². The Morgan fingerprint density at radius 1 is 1.37 bits per heavy atom. The largest absolute Gasteiger partial charge is 0.294 e. The zero-order chi connectivity index (χ0) is 13.7. The van der Waals surface area contributed by atoms with Crippen molar-refractivity contribution in [1.82, 2.24) is 10.3 Å². The highest BCUT2D eigenvalue weighted by atomic mass is 35.5. The molecule has 0 radical (unpaired) electrons. The molecular weight excluding hydrogens is 265 g/mol. The number of nitrogens with zero attached hydrogens (tertiary/aromatic N) is 2. The van der Waals surface area contributed by atoms with Crippen LogP contribution in [-0.2, 0) is 6.54 Å². The molecule has 1 atom stereocenters. The zero-order valence-electron chi connectivity index (χ0n) is 9.98. The predicted molar refractivity (Wildman–Crippen MR) is 70.8 cm³/mol. The molecule has 3 nitrogen and oxygen atoms in total. The van der Waals surface area contributed by atoms with Gasteiger partial charge in [-0.3, -0.25) is 10.3 Å². The molecule has 2 aromatic rings. The quantitative estimate of drug-likeness (QED) is 0.932. The fourth-order valence-electron chi connectivity index (χ4n) is 1.72. The molecule has 1 aromatic heterocycles. The van der Waals surface area contributed by atoms with Gasteiger partial charge in [-0.1, -0.05) is 23.7 Å². The van der Waals surface area contributed by atoms with Crippen molar-refractivity contribution in [2.45, 2.75) is 12.6 Å². The third-order valence-corrected chi connectivity index (χ3v) is 2.98. The van der Waals surface area contributed by atoms with Gasteiger partial charge < -0.3 is 0 Å². The Morgan fingerprint density at radius 3 is 2.84 bits per heavy atom. The SMILES string of the molecule is N#CC(NCc1cccnc1)c1c(F)cccc1Cl. The third kappa shape index (κ3) is 3.28. The van der Waals surface area contributed by atoms with Crippen LogP contribution in [-0.4, -0.2) is 4.98 Å². The minimum absolute atomic E-state index is 0.176. The van der Waals surface area contributed by atoms with E-state index in [4.69, 9.17) is 16.9 Å². The molecule has 0 aliphatic carbocycles. The van der Waals surface area contributed by atoms with Crippen LogP contribution in [0.25, 0.3) is 0 Å². The van der Waals surface area contributed by atoms with Crippen LogP contribution in [0.5, 0.6) is 0 Å². The minimum Gasteiger partial charge on any atom is -0.294 e. The maximum Gasteiger partial charge on any atom is 0.130 e. The molecule has 1 unspecified atom stereocenters. The summed E-state index contributed by atoms with van der Waals surface area (Å²) in [5.41, 5.74) is 1.09. The van der Waals surface area contributed by atoms with Crippen molar-refractivity contribution in [2.24, 2.45) is 0 Å². The van der Waals surface area contributed by atoms with Crippen LogP contribution < -0.4 is 5.32 Å². The first kappa shape index (κ1) is 13.5. The van der Waals surface area contributed by atoms with Gasteiger partial charge in [-0.15, -0.1) is 0 Å². The van der Waals surface area contributed by atoms with E-state index in [2.05, 4.69) is 10.3 Å². The standard InChI is InChI=1S/C14H11ClFN3/c15-11-4-1-5-12(16)14(11)13(7-17)19-9-10-3-2-6-18-8-10/h1-6,8,13,19H,9H2. The summed E-state index contributed by atoms with van der Waals surface area (Å²) in [6.45, 7) is 0.413. The van der Waals surface area contributed by atoms with Gasteiger partial charge in [0.2, 0.25) is 0 Å². The predicted octanol–water partition coefficient (Wildman–Crippen LogP) is 3.23. The van der Waals surface area contributed by atoms with Crippen molar-refractivity contribution in [3.63, 3.8) is 0 Å². The smallest absolute Gasteiger partial charge is 0.130 e. The van der Waals surface area contributed by atoms with Crippen molar-refractivity contribution in [3.8, 4) is 6.07 Å². The summed E-state index contributed by atoms with van der Waals surface area (Å²) in [5.74, 6) is -0.488. The molecule has 1 heterocycles. The monoisotopic (exact) mass is 275 g/mol. The van der Waals surface area contributed by atoms with E-state index >= 15 is 0 Å². The number of nitriles is 1. The number of aromatic nitrogens is 1. The Labute approximate surface area is 115 Å². The summed E-state index contributed by atoms with van der Waals surface area (Å²) in [7, 11) is 0. The van der Waals surface area contributed by atoms with E-state index in [0.29, 0.717) is 6.54 Å². The van der Waals surface area contributed by atoms with Crippen molar-refractivity contribution in [2.75, 3.05) is 0 Å². The summed E-state index contributed by atoms with van der Waals surface area (Å²) in [5, 5.41) is 12.4. The van der Waals surface area contributed by atoms with Gasteiger partial charge in [-0.25, -0.2) is 4.39 Å². The topological polar surface area (TPSA) is 48.7 Å². The lowest BCUT2D eigenvalue weighted by molar-refractivity contribution is 0.561. The molecule has 0 bridgehead atoms. The molecule has 2 rings (SSSR count). The van der Waals surface area contributed by atoms with Gasteiger partial charge >= 0.3 is 0 Å². The highest BCUT2D eigenvalue weighted by Gasteiger charge is 2.18. The first-order chi connectivity index (χ1) is 9.22. The second-order valence-electron chi connectivity index (χ2n) is 3.94. The van der Waals surface area contributed by atoms with Gasteiger partial charge in [0.05, 0.1) is 6.07 Å². The molecule has 5 heteroatoms. The summed E-state index contributed by atoms with van der Waals surface area (Å²) in [4.78, 5) is 3.97. The van der Waals surface area contributed by atoms with E-state index in [1.54, 1.807) is 24.5 Å². The zero-order valence-corrected chi connectivity index (χ0v) is 10.7. The van der Waals surface area contributed by atoms with Gasteiger partial charge in [-0.05, 0) is 23.8 Å². The van der Waals surface area contributed by atoms with Gasteiger partial charge in [0.15, 0.2) is 0 Å². The maximum atomic E-state index is 13.7. The molecule has 96 valence electrons. The average Bonchev–Trinajstić information content (AvgIpc) is 2.43. The van der Waals surface area contributed by atoms with Crippen molar-refractivity contribution in [3.05, 3.63) is 64.7 Å². The van der Waals surface area contributed by atoms with Gasteiger partial charge in [-0.2, -0.15) is 5.26 Å². The van der Waals surface area contributed by atoms with Gasteiger partial charge in [0.1, 0.15) is 11.9 Å². The maximum absolute atomic E-state index is 13.7. The number of benzene rings is 1. The molecule has 0 aliphatic rings. The van der Waals surface area contributed by atoms with Crippen LogP contribution in [0.2, 0.25) is 5.02 Å². The van der Waals surface area contributed by atoms with Crippen molar-refractivity contribution >= 4 is 11.6 Å². The Bertz CT molecular complexity index is 575. The van der Waals surface area contributed by atoms with E-state index in [0.717, 1.165) is 5.56 Å². The van der Waals surface area contributed by atoms with E-state index < -0.39 is 11.9 Å². The van der Waals surface area contributed by atoms with Gasteiger partial charge in [0.25, 0.3) is 0 Å². The molecule has 0 saturated carbocycles. The molecule has 0 spiro atoms. The normalized spacial score (nSPS) is 11.8. The average molecular weight is 276 g/mol. The van der Waals surface area contributed by atoms with Crippen LogP contribution in [0.1, 0.15) is 17.2 Å². The molecule has 0 amide bonds. The minimum atomic E-state index is -0.797. The molecular formula is C14H11ClFN3. The van der Waals surface area contributed by atoms with Crippen molar-refractivity contribution in [1.29, 1.82) is 5.26 Å². The van der Waals surface area contributed by atoms with Crippen molar-refractivity contribution < 1.29 is 4.39 Å². The molecule has 1 N–H and O–H groups in total. The van der Waals surface area contributed by atoms with Crippen LogP contribution in [0.3, 0.4) is 0 Å². The number of rotatable bonds is 4. The molecule has 0 saturated heterocycles. The van der Waals surface area contributed by atoms with E-state index in [-0.39, 0.29) is 10.6 Å². The molecule has 0 aliphatic heterocycles. The lowest BCUT2D eigenvalue weighted by Crippen LogP contribution is -2.21. The number of halogens is 2. The highest BCUT2D eigenvalue weighted by molar-refractivity contribution is 6.31. The summed E-state index contributed by atoms with van der Waals surface area (Å²) in [6.07, 6.45) is 3.35. The number of hydrogen-bond donors (Lipinski definition) is 1. The first-order valence-electron chi connectivity index (χ1n) is 5.68. The second-order valence-corrected chi connectivity index (χ2v) is 4.35. The Hall–Kier alpha value is -1.96. The summed E-state index contributed by atoms with van der Waals surface area (Å²) < 4.78 is 13.7. The summed E-state index contributed by atoms with van der Waals surface area (Å²) in [6, 6.07) is 9.25. The number of hydrogen-bond acceptors (Lipinski definition) is 3. The molecule has 0 fully saturated rings. The molecule has 19 heavy (non-hydrogen) atoms. The van der Waals surface area contributed by atoms with Crippen LogP contribution >= 0.6 is 11.6 Å². The van der Waals surface area contributed by atoms with Crippen LogP contribution in [0.15, 0.2) is 42.7 Å². The van der Waals surface area contributed by atoms with E-state index in [1.165, 1.54) is 12.1 Å². The first-order valence-corrected chi connectivity index (χ1v) is 6.06. The lowest BCUT2D eigenvalue weighted by atomic mass is 10.1. The fourth-order valence-corrected chi connectivity index (χ4v) is 1.99. The Kier molecular flexibility index (Phi) is 4.45. The third-order valence-electron chi connectivity index (χ3n) is 2.65.